The zero-order chi connectivity index (χ0) is 14.7. The van der Waals surface area contributed by atoms with Crippen molar-refractivity contribution < 1.29 is 4.79 Å². The zero-order valence-corrected chi connectivity index (χ0v) is 11.1. The third kappa shape index (κ3) is 2.89. The Morgan fingerprint density at radius 3 is 2.86 bits per heavy atom. The topological polar surface area (TPSA) is 98.5 Å². The van der Waals surface area contributed by atoms with Crippen molar-refractivity contribution in [2.24, 2.45) is 0 Å². The van der Waals surface area contributed by atoms with Gasteiger partial charge in [-0.25, -0.2) is 9.67 Å². The molecular weight excluding hydrogens is 270 g/mol. The van der Waals surface area contributed by atoms with E-state index in [0.29, 0.717) is 5.69 Å². The van der Waals surface area contributed by atoms with Crippen LogP contribution in [0.4, 0.5) is 5.69 Å². The van der Waals surface area contributed by atoms with Gasteiger partial charge in [0.05, 0.1) is 17.6 Å². The first-order valence-corrected chi connectivity index (χ1v) is 6.16. The Morgan fingerprint density at radius 2 is 2.14 bits per heavy atom. The molecule has 2 aromatic heterocycles. The van der Waals surface area contributed by atoms with E-state index in [9.17, 15) is 4.79 Å². The number of tetrazole rings is 1. The van der Waals surface area contributed by atoms with Gasteiger partial charge in [-0.1, -0.05) is 6.07 Å². The molecule has 0 radical (unpaired) electrons. The molecule has 1 aromatic carbocycles. The van der Waals surface area contributed by atoms with Crippen molar-refractivity contribution >= 4 is 11.6 Å². The summed E-state index contributed by atoms with van der Waals surface area (Å²) in [7, 11) is 0. The molecule has 3 rings (SSSR count). The van der Waals surface area contributed by atoms with Crippen molar-refractivity contribution in [3.05, 3.63) is 54.4 Å². The first-order chi connectivity index (χ1) is 10.2. The quantitative estimate of drug-likeness (QED) is 0.769. The Hall–Kier alpha value is -3.16. The molecule has 21 heavy (non-hydrogen) atoms. The molecule has 1 N–H and O–H groups in total. The molecule has 0 atom stereocenters. The lowest BCUT2D eigenvalue weighted by Crippen LogP contribution is -2.14. The molecule has 0 aliphatic rings. The van der Waals surface area contributed by atoms with E-state index in [1.165, 1.54) is 17.2 Å². The molecule has 8 heteroatoms. The van der Waals surface area contributed by atoms with Gasteiger partial charge in [0, 0.05) is 11.9 Å². The van der Waals surface area contributed by atoms with E-state index in [4.69, 9.17) is 0 Å². The Morgan fingerprint density at radius 1 is 1.24 bits per heavy atom. The highest BCUT2D eigenvalue weighted by molar-refractivity contribution is 6.02. The lowest BCUT2D eigenvalue weighted by atomic mass is 10.2. The first kappa shape index (κ1) is 12.9. The smallest absolute Gasteiger partial charge is 0.275 e. The van der Waals surface area contributed by atoms with E-state index in [1.54, 1.807) is 24.4 Å². The van der Waals surface area contributed by atoms with Crippen LogP contribution in [0.2, 0.25) is 0 Å². The monoisotopic (exact) mass is 281 g/mol. The fraction of sp³-hybridized carbons (Fsp3) is 0.0769. The molecule has 0 aliphatic carbocycles. The molecule has 0 aliphatic heterocycles. The number of hydrogen-bond acceptors (Lipinski definition) is 6. The Balaban J connectivity index is 1.80. The van der Waals surface area contributed by atoms with Crippen LogP contribution >= 0.6 is 0 Å². The van der Waals surface area contributed by atoms with Gasteiger partial charge < -0.3 is 5.32 Å². The van der Waals surface area contributed by atoms with Gasteiger partial charge in [-0.15, -0.1) is 5.10 Å². The van der Waals surface area contributed by atoms with Crippen LogP contribution in [-0.2, 0) is 0 Å². The third-order valence-electron chi connectivity index (χ3n) is 2.73. The molecule has 0 fully saturated rings. The van der Waals surface area contributed by atoms with E-state index in [1.807, 2.05) is 13.0 Å². The van der Waals surface area contributed by atoms with Crippen LogP contribution in [0.15, 0.2) is 43.0 Å². The second kappa shape index (κ2) is 5.45. The number of anilines is 1. The summed E-state index contributed by atoms with van der Waals surface area (Å²) in [6.45, 7) is 1.81. The van der Waals surface area contributed by atoms with Crippen molar-refractivity contribution in [3.63, 3.8) is 0 Å². The summed E-state index contributed by atoms with van der Waals surface area (Å²) in [4.78, 5) is 20.1. The normalized spacial score (nSPS) is 10.3. The lowest BCUT2D eigenvalue weighted by molar-refractivity contribution is 0.102. The number of benzene rings is 1. The van der Waals surface area contributed by atoms with Crippen LogP contribution in [0.25, 0.3) is 5.69 Å². The van der Waals surface area contributed by atoms with Crippen LogP contribution < -0.4 is 5.32 Å². The predicted octanol–water partition coefficient (Wildman–Crippen LogP) is 1.01. The zero-order valence-electron chi connectivity index (χ0n) is 11.1. The van der Waals surface area contributed by atoms with E-state index in [-0.39, 0.29) is 11.6 Å². The molecule has 0 saturated heterocycles. The Bertz CT molecular complexity index is 752. The van der Waals surface area contributed by atoms with Gasteiger partial charge in [0.25, 0.3) is 5.91 Å². The average molecular weight is 281 g/mol. The second-order valence-corrected chi connectivity index (χ2v) is 4.30. The van der Waals surface area contributed by atoms with Crippen molar-refractivity contribution in [3.8, 4) is 5.69 Å². The minimum absolute atomic E-state index is 0.258. The summed E-state index contributed by atoms with van der Waals surface area (Å²) in [5.41, 5.74) is 2.38. The molecule has 0 bridgehead atoms. The number of carbonyl (C=O) groups excluding carboxylic acids is 1. The summed E-state index contributed by atoms with van der Waals surface area (Å²) < 4.78 is 1.50. The molecule has 104 valence electrons. The Kier molecular flexibility index (Phi) is 3.34. The van der Waals surface area contributed by atoms with Crippen LogP contribution in [0.1, 0.15) is 16.2 Å². The maximum atomic E-state index is 12.1. The van der Waals surface area contributed by atoms with Crippen molar-refractivity contribution in [2.75, 3.05) is 5.32 Å². The predicted molar refractivity (Wildman–Crippen MR) is 73.9 cm³/mol. The number of carbonyl (C=O) groups is 1. The number of hydrogen-bond donors (Lipinski definition) is 1. The molecule has 0 unspecified atom stereocenters. The number of nitrogens with zero attached hydrogens (tertiary/aromatic N) is 6. The van der Waals surface area contributed by atoms with E-state index < -0.39 is 0 Å². The van der Waals surface area contributed by atoms with Gasteiger partial charge >= 0.3 is 0 Å². The van der Waals surface area contributed by atoms with Gasteiger partial charge in [-0.3, -0.25) is 9.78 Å². The molecule has 3 aromatic rings. The summed E-state index contributed by atoms with van der Waals surface area (Å²) in [5, 5.41) is 13.7. The minimum Gasteiger partial charge on any atom is -0.321 e. The van der Waals surface area contributed by atoms with Crippen molar-refractivity contribution in [2.45, 2.75) is 6.92 Å². The second-order valence-electron chi connectivity index (χ2n) is 4.30. The molecule has 8 nitrogen and oxygen atoms in total. The van der Waals surface area contributed by atoms with Crippen molar-refractivity contribution in [1.29, 1.82) is 0 Å². The highest BCUT2D eigenvalue weighted by atomic mass is 16.1. The van der Waals surface area contributed by atoms with Crippen LogP contribution in [-0.4, -0.2) is 36.1 Å². The van der Waals surface area contributed by atoms with Crippen LogP contribution in [0.3, 0.4) is 0 Å². The summed E-state index contributed by atoms with van der Waals surface area (Å²) in [6.07, 6.45) is 4.47. The van der Waals surface area contributed by atoms with Crippen LogP contribution in [0.5, 0.6) is 0 Å². The largest absolute Gasteiger partial charge is 0.321 e. The molecule has 1 amide bonds. The van der Waals surface area contributed by atoms with E-state index >= 15 is 0 Å². The van der Waals surface area contributed by atoms with Gasteiger partial charge in [-0.05, 0) is 35.5 Å². The van der Waals surface area contributed by atoms with E-state index in [0.717, 1.165) is 11.4 Å². The van der Waals surface area contributed by atoms with E-state index in [2.05, 4.69) is 30.8 Å². The SMILES string of the molecule is Cc1cnc(C(=O)Nc2cccc(-n3cnnn3)c2)cn1. The maximum absolute atomic E-state index is 12.1. The maximum Gasteiger partial charge on any atom is 0.275 e. The molecule has 2 heterocycles. The Labute approximate surface area is 119 Å². The first-order valence-electron chi connectivity index (χ1n) is 6.16. The van der Waals surface area contributed by atoms with Gasteiger partial charge in [0.1, 0.15) is 12.0 Å². The molecule has 0 saturated carbocycles. The number of rotatable bonds is 3. The fourth-order valence-electron chi connectivity index (χ4n) is 1.71. The molecule has 0 spiro atoms. The van der Waals surface area contributed by atoms with Crippen LogP contribution in [0, 0.1) is 6.92 Å². The van der Waals surface area contributed by atoms with Crippen molar-refractivity contribution in [1.82, 2.24) is 30.2 Å². The summed E-state index contributed by atoms with van der Waals surface area (Å²) >= 11 is 0. The highest BCUT2D eigenvalue weighted by Crippen LogP contribution is 2.14. The summed E-state index contributed by atoms with van der Waals surface area (Å²) in [5.74, 6) is -0.323. The minimum atomic E-state index is -0.323. The highest BCUT2D eigenvalue weighted by Gasteiger charge is 2.08. The standard InChI is InChI=1S/C13H11N7O/c1-9-6-15-12(7-14-9)13(21)17-10-3-2-4-11(5-10)20-8-16-18-19-20/h2-8H,1H3,(H,17,21). The number of nitrogens with one attached hydrogen (secondary N) is 1. The number of aromatic nitrogens is 6. The third-order valence-corrected chi connectivity index (χ3v) is 2.73. The number of aryl methyl sites for hydroxylation is 1. The summed E-state index contributed by atoms with van der Waals surface area (Å²) in [6, 6.07) is 7.16. The lowest BCUT2D eigenvalue weighted by Gasteiger charge is -2.06. The fourth-order valence-corrected chi connectivity index (χ4v) is 1.71. The average Bonchev–Trinajstić information content (AvgIpc) is 3.02. The van der Waals surface area contributed by atoms with Gasteiger partial charge in [-0.2, -0.15) is 0 Å². The van der Waals surface area contributed by atoms with Gasteiger partial charge in [0.2, 0.25) is 0 Å². The molecular formula is C13H11N7O. The van der Waals surface area contributed by atoms with Gasteiger partial charge in [0.15, 0.2) is 0 Å². The number of amides is 1.